The van der Waals surface area contributed by atoms with E-state index in [0.29, 0.717) is 0 Å². The lowest BCUT2D eigenvalue weighted by Crippen LogP contribution is -2.59. The van der Waals surface area contributed by atoms with Crippen LogP contribution in [0.1, 0.15) is 29.7 Å². The summed E-state index contributed by atoms with van der Waals surface area (Å²) in [6.07, 6.45) is -4.53. The van der Waals surface area contributed by atoms with E-state index in [4.69, 9.17) is 4.74 Å². The number of rotatable bonds is 4. The van der Waals surface area contributed by atoms with Gasteiger partial charge in [0.1, 0.15) is 5.92 Å². The molecule has 1 saturated heterocycles. The molecule has 2 aromatic rings. The van der Waals surface area contributed by atoms with Gasteiger partial charge in [0.05, 0.1) is 18.7 Å². The van der Waals surface area contributed by atoms with E-state index in [1.165, 1.54) is 24.1 Å². The molecule has 0 radical (unpaired) electrons. The smallest absolute Gasteiger partial charge is 0.416 e. The number of esters is 1. The first-order chi connectivity index (χ1) is 13.7. The molecule has 8 heteroatoms. The number of nitrogens with one attached hydrogen (secondary N) is 1. The zero-order chi connectivity index (χ0) is 21.2. The molecule has 154 valence electrons. The van der Waals surface area contributed by atoms with E-state index in [2.05, 4.69) is 5.32 Å². The van der Waals surface area contributed by atoms with Gasteiger partial charge < -0.3 is 15.0 Å². The molecule has 0 spiro atoms. The van der Waals surface area contributed by atoms with Crippen molar-refractivity contribution in [1.82, 2.24) is 10.2 Å². The van der Waals surface area contributed by atoms with Crippen LogP contribution < -0.4 is 5.32 Å². The normalized spacial score (nSPS) is 22.2. The standard InChI is InChI=1S/C21H21F3N2O3/c1-13-17(19(27)29-2)18(15-9-6-10-16(11-15)21(22,23)24)25-20(28)26(13)12-14-7-4-3-5-8-14/h3-11,13,17-18H,12H2,1-2H3,(H,25,28)/t13-,17+,18-/m1/s1. The summed E-state index contributed by atoms with van der Waals surface area (Å²) in [7, 11) is 1.22. The topological polar surface area (TPSA) is 58.6 Å². The van der Waals surface area contributed by atoms with Gasteiger partial charge in [-0.2, -0.15) is 13.2 Å². The maximum absolute atomic E-state index is 13.1. The Morgan fingerprint density at radius 1 is 1.14 bits per heavy atom. The fourth-order valence-electron chi connectivity index (χ4n) is 3.63. The van der Waals surface area contributed by atoms with Gasteiger partial charge in [0.2, 0.25) is 0 Å². The van der Waals surface area contributed by atoms with Gasteiger partial charge in [-0.1, -0.05) is 42.5 Å². The van der Waals surface area contributed by atoms with Crippen LogP contribution in [0.2, 0.25) is 0 Å². The van der Waals surface area contributed by atoms with Crippen molar-refractivity contribution < 1.29 is 27.5 Å². The summed E-state index contributed by atoms with van der Waals surface area (Å²) >= 11 is 0. The lowest BCUT2D eigenvalue weighted by molar-refractivity contribution is -0.149. The lowest BCUT2D eigenvalue weighted by Gasteiger charge is -2.43. The van der Waals surface area contributed by atoms with Gasteiger partial charge >= 0.3 is 18.2 Å². The van der Waals surface area contributed by atoms with Gasteiger partial charge in [-0.05, 0) is 30.2 Å². The van der Waals surface area contributed by atoms with Crippen molar-refractivity contribution in [2.24, 2.45) is 5.92 Å². The molecule has 0 unspecified atom stereocenters. The Hall–Kier alpha value is -3.03. The Morgan fingerprint density at radius 2 is 1.83 bits per heavy atom. The molecule has 0 bridgehead atoms. The number of ether oxygens (including phenoxy) is 1. The second-order valence-electron chi connectivity index (χ2n) is 6.95. The van der Waals surface area contributed by atoms with Crippen molar-refractivity contribution in [3.8, 4) is 0 Å². The molecule has 0 saturated carbocycles. The minimum absolute atomic E-state index is 0.204. The minimum atomic E-state index is -4.53. The Bertz CT molecular complexity index is 886. The van der Waals surface area contributed by atoms with Crippen molar-refractivity contribution >= 4 is 12.0 Å². The van der Waals surface area contributed by atoms with Crippen LogP contribution in [0.3, 0.4) is 0 Å². The van der Waals surface area contributed by atoms with Crippen LogP contribution in [0.15, 0.2) is 54.6 Å². The van der Waals surface area contributed by atoms with E-state index in [1.807, 2.05) is 30.3 Å². The third-order valence-electron chi connectivity index (χ3n) is 5.15. The summed E-state index contributed by atoms with van der Waals surface area (Å²) in [5.41, 5.74) is 0.234. The molecule has 29 heavy (non-hydrogen) atoms. The average Bonchev–Trinajstić information content (AvgIpc) is 2.70. The Kier molecular flexibility index (Phi) is 5.81. The van der Waals surface area contributed by atoms with Gasteiger partial charge in [-0.3, -0.25) is 4.79 Å². The van der Waals surface area contributed by atoms with Crippen LogP contribution >= 0.6 is 0 Å². The number of nitrogens with zero attached hydrogens (tertiary/aromatic N) is 1. The maximum Gasteiger partial charge on any atom is 0.416 e. The van der Waals surface area contributed by atoms with Crippen molar-refractivity contribution in [3.63, 3.8) is 0 Å². The molecule has 1 N–H and O–H groups in total. The number of benzene rings is 2. The van der Waals surface area contributed by atoms with E-state index in [1.54, 1.807) is 6.92 Å². The molecule has 0 aromatic heterocycles. The molecule has 2 amide bonds. The van der Waals surface area contributed by atoms with Gasteiger partial charge in [-0.15, -0.1) is 0 Å². The summed E-state index contributed by atoms with van der Waals surface area (Å²) in [4.78, 5) is 26.8. The van der Waals surface area contributed by atoms with E-state index in [9.17, 15) is 22.8 Å². The number of amides is 2. The highest BCUT2D eigenvalue weighted by molar-refractivity contribution is 5.82. The number of carbonyl (C=O) groups excluding carboxylic acids is 2. The third kappa shape index (κ3) is 4.36. The zero-order valence-corrected chi connectivity index (χ0v) is 15.9. The molecular formula is C21H21F3N2O3. The fraction of sp³-hybridized carbons (Fsp3) is 0.333. The summed E-state index contributed by atoms with van der Waals surface area (Å²) in [5, 5.41) is 2.70. The Labute approximate surface area is 166 Å². The highest BCUT2D eigenvalue weighted by Gasteiger charge is 2.45. The fourth-order valence-corrected chi connectivity index (χ4v) is 3.63. The molecule has 5 nitrogen and oxygen atoms in total. The monoisotopic (exact) mass is 406 g/mol. The van der Waals surface area contributed by atoms with Crippen LogP contribution in [-0.4, -0.2) is 30.1 Å². The van der Waals surface area contributed by atoms with Crippen molar-refractivity contribution in [1.29, 1.82) is 0 Å². The van der Waals surface area contributed by atoms with Gasteiger partial charge in [0.15, 0.2) is 0 Å². The van der Waals surface area contributed by atoms with E-state index in [0.717, 1.165) is 17.7 Å². The van der Waals surface area contributed by atoms with Crippen LogP contribution in [0.25, 0.3) is 0 Å². The van der Waals surface area contributed by atoms with Crippen LogP contribution in [0.5, 0.6) is 0 Å². The number of alkyl halides is 3. The van der Waals surface area contributed by atoms with Crippen LogP contribution in [0.4, 0.5) is 18.0 Å². The molecule has 1 aliphatic rings. The van der Waals surface area contributed by atoms with Crippen molar-refractivity contribution in [2.45, 2.75) is 31.7 Å². The molecule has 2 aromatic carbocycles. The summed E-state index contributed by atoms with van der Waals surface area (Å²) in [5.74, 6) is -1.47. The first-order valence-corrected chi connectivity index (χ1v) is 9.08. The summed E-state index contributed by atoms with van der Waals surface area (Å²) in [6, 6.07) is 11.9. The minimum Gasteiger partial charge on any atom is -0.469 e. The maximum atomic E-state index is 13.1. The van der Waals surface area contributed by atoms with Gasteiger partial charge in [0, 0.05) is 12.6 Å². The molecule has 3 atom stereocenters. The van der Waals surface area contributed by atoms with Crippen molar-refractivity contribution in [3.05, 3.63) is 71.3 Å². The van der Waals surface area contributed by atoms with E-state index in [-0.39, 0.29) is 12.1 Å². The van der Waals surface area contributed by atoms with E-state index < -0.39 is 41.7 Å². The Balaban J connectivity index is 1.95. The first-order valence-electron chi connectivity index (χ1n) is 9.08. The Morgan fingerprint density at radius 3 is 2.45 bits per heavy atom. The number of hydrogen-bond acceptors (Lipinski definition) is 3. The molecule has 1 aliphatic heterocycles. The number of halogens is 3. The molecule has 1 heterocycles. The number of methoxy groups -OCH3 is 1. The van der Waals surface area contributed by atoms with Crippen molar-refractivity contribution in [2.75, 3.05) is 7.11 Å². The molecule has 3 rings (SSSR count). The lowest BCUT2D eigenvalue weighted by atomic mass is 9.84. The quantitative estimate of drug-likeness (QED) is 0.776. The second-order valence-corrected chi connectivity index (χ2v) is 6.95. The predicted molar refractivity (Wildman–Crippen MR) is 99.7 cm³/mol. The number of hydrogen-bond donors (Lipinski definition) is 1. The largest absolute Gasteiger partial charge is 0.469 e. The highest BCUT2D eigenvalue weighted by atomic mass is 19.4. The van der Waals surface area contributed by atoms with Crippen LogP contribution in [0, 0.1) is 5.92 Å². The second kappa shape index (κ2) is 8.14. The molecule has 0 aliphatic carbocycles. The van der Waals surface area contributed by atoms with Gasteiger partial charge in [0.25, 0.3) is 0 Å². The first kappa shape index (κ1) is 20.7. The van der Waals surface area contributed by atoms with E-state index >= 15 is 0 Å². The average molecular weight is 406 g/mol. The molecule has 1 fully saturated rings. The summed E-state index contributed by atoms with van der Waals surface area (Å²) in [6.45, 7) is 1.96. The highest BCUT2D eigenvalue weighted by Crippen LogP contribution is 2.36. The third-order valence-corrected chi connectivity index (χ3v) is 5.15. The van der Waals surface area contributed by atoms with Gasteiger partial charge in [-0.25, -0.2) is 4.79 Å². The SMILES string of the molecule is COC(=O)[C@@H]1[C@@H](c2cccc(C(F)(F)F)c2)NC(=O)N(Cc2ccccc2)[C@@H]1C. The molecular weight excluding hydrogens is 385 g/mol. The predicted octanol–water partition coefficient (Wildman–Crippen LogP) is 4.15. The summed E-state index contributed by atoms with van der Waals surface area (Å²) < 4.78 is 44.3. The van der Waals surface area contributed by atoms with Crippen LogP contribution in [-0.2, 0) is 22.3 Å². The number of urea groups is 1. The zero-order valence-electron chi connectivity index (χ0n) is 15.9. The number of carbonyl (C=O) groups is 2.